The van der Waals surface area contributed by atoms with Crippen LogP contribution in [0.25, 0.3) is 17.2 Å². The Labute approximate surface area is 296 Å². The molecule has 10 nitrogen and oxygen atoms in total. The number of rotatable bonds is 10. The largest absolute Gasteiger partial charge is 0.449 e. The molecule has 0 aromatic heterocycles. The second-order valence-corrected chi connectivity index (χ2v) is 15.3. The van der Waals surface area contributed by atoms with Gasteiger partial charge in [-0.25, -0.2) is 4.79 Å². The highest BCUT2D eigenvalue weighted by Crippen LogP contribution is 2.44. The molecular formula is C39H45N5O5S. The number of amides is 3. The van der Waals surface area contributed by atoms with Crippen molar-refractivity contribution in [2.45, 2.75) is 37.8 Å². The van der Waals surface area contributed by atoms with Gasteiger partial charge in [0.25, 0.3) is 0 Å². The van der Waals surface area contributed by atoms with Crippen LogP contribution in [-0.2, 0) is 25.1 Å². The van der Waals surface area contributed by atoms with E-state index in [2.05, 4.69) is 70.0 Å². The molecule has 2 N–H and O–H groups in total. The van der Waals surface area contributed by atoms with E-state index in [9.17, 15) is 18.6 Å². The Hall–Kier alpha value is -4.48. The van der Waals surface area contributed by atoms with Crippen molar-refractivity contribution in [2.75, 3.05) is 62.9 Å². The molecule has 262 valence electrons. The summed E-state index contributed by atoms with van der Waals surface area (Å²) >= 11 is 0. The number of alkyl carbamates (subject to hydrolysis) is 1. The van der Waals surface area contributed by atoms with Crippen LogP contribution in [0.1, 0.15) is 54.0 Å². The summed E-state index contributed by atoms with van der Waals surface area (Å²) in [6, 6.07) is 21.3. The van der Waals surface area contributed by atoms with Gasteiger partial charge in [0.15, 0.2) is 0 Å². The number of carbonyl (C=O) groups excluding carboxylic acids is 3. The van der Waals surface area contributed by atoms with Crippen molar-refractivity contribution in [1.82, 2.24) is 20.4 Å². The number of hydrogen-bond acceptors (Lipinski definition) is 7. The number of carbonyl (C=O) groups is 3. The molecule has 3 atom stereocenters. The standard InChI is InChI=1S/C39H45N5O5S/c1-26(30-16-15-29(43-19-17-42(2)18-20-43)21-28(30)14-13-27-11-12-27)41-38(46)36-24-50(48)25-44(36)37(45)22-40-39(47)49-23-35-33-9-5-3-7-31(33)32-8-4-6-10-34(32)35/h3-10,13-16,21,26-27,35-36H,11-12,17-20,22-25H2,1-2H3,(H,40,47)(H,41,46)/b14-13+/t26-,36-,50?/m0/s1. The maximum atomic E-state index is 13.6. The molecule has 3 fully saturated rings. The second kappa shape index (κ2) is 14.8. The molecule has 0 bridgehead atoms. The molecule has 4 aliphatic rings. The van der Waals surface area contributed by atoms with Gasteiger partial charge in [0.05, 0.1) is 17.7 Å². The fourth-order valence-corrected chi connectivity index (χ4v) is 8.63. The smallest absolute Gasteiger partial charge is 0.407 e. The predicted octanol–water partition coefficient (Wildman–Crippen LogP) is 4.49. The van der Waals surface area contributed by atoms with Gasteiger partial charge in [0, 0.05) is 48.6 Å². The molecule has 2 aliphatic carbocycles. The van der Waals surface area contributed by atoms with Gasteiger partial charge in [-0.05, 0) is 78.2 Å². The van der Waals surface area contributed by atoms with Gasteiger partial charge in [-0.15, -0.1) is 0 Å². The molecule has 2 aliphatic heterocycles. The number of anilines is 1. The number of piperazine rings is 1. The zero-order valence-corrected chi connectivity index (χ0v) is 29.5. The fourth-order valence-electron chi connectivity index (χ4n) is 7.20. The number of hydrogen-bond donors (Lipinski definition) is 2. The summed E-state index contributed by atoms with van der Waals surface area (Å²) in [5, 5.41) is 5.64. The van der Waals surface area contributed by atoms with Crippen LogP contribution in [-0.4, -0.2) is 96.0 Å². The van der Waals surface area contributed by atoms with Crippen LogP contribution in [0.2, 0.25) is 0 Å². The maximum Gasteiger partial charge on any atom is 0.407 e. The van der Waals surface area contributed by atoms with Crippen LogP contribution in [0.15, 0.2) is 72.8 Å². The summed E-state index contributed by atoms with van der Waals surface area (Å²) in [6.45, 7) is 5.66. The quantitative estimate of drug-likeness (QED) is 0.322. The number of likely N-dealkylation sites (N-methyl/N-ethyl adjacent to an activating group) is 1. The molecule has 2 heterocycles. The monoisotopic (exact) mass is 695 g/mol. The normalized spacial score (nSPS) is 21.2. The third kappa shape index (κ3) is 7.49. The maximum absolute atomic E-state index is 13.6. The summed E-state index contributed by atoms with van der Waals surface area (Å²) in [4.78, 5) is 45.7. The highest BCUT2D eigenvalue weighted by molar-refractivity contribution is 7.85. The predicted molar refractivity (Wildman–Crippen MR) is 196 cm³/mol. The molecule has 3 amide bonds. The molecule has 1 unspecified atom stereocenters. The van der Waals surface area contributed by atoms with Crippen molar-refractivity contribution in [2.24, 2.45) is 5.92 Å². The van der Waals surface area contributed by atoms with Crippen LogP contribution in [0.4, 0.5) is 10.5 Å². The van der Waals surface area contributed by atoms with Crippen molar-refractivity contribution in [3.05, 3.63) is 95.1 Å². The van der Waals surface area contributed by atoms with Gasteiger partial charge < -0.3 is 30.1 Å². The van der Waals surface area contributed by atoms with E-state index in [1.54, 1.807) is 0 Å². The van der Waals surface area contributed by atoms with Gasteiger partial charge in [-0.1, -0.05) is 66.7 Å². The third-order valence-corrected chi connectivity index (χ3v) is 11.5. The number of nitrogens with one attached hydrogen (secondary N) is 2. The minimum absolute atomic E-state index is 0.0476. The summed E-state index contributed by atoms with van der Waals surface area (Å²) in [7, 11) is 0.764. The Balaban J connectivity index is 0.959. The number of fused-ring (bicyclic) bond motifs is 3. The molecule has 1 saturated carbocycles. The average molecular weight is 696 g/mol. The van der Waals surface area contributed by atoms with Crippen molar-refractivity contribution in [3.63, 3.8) is 0 Å². The van der Waals surface area contributed by atoms with Crippen LogP contribution in [0.5, 0.6) is 0 Å². The molecule has 0 spiro atoms. The Bertz CT molecular complexity index is 1770. The van der Waals surface area contributed by atoms with Crippen LogP contribution in [0.3, 0.4) is 0 Å². The lowest BCUT2D eigenvalue weighted by Gasteiger charge is -2.34. The topological polar surface area (TPSA) is 111 Å². The van der Waals surface area contributed by atoms with Crippen LogP contribution < -0.4 is 15.5 Å². The Morgan fingerprint density at radius 3 is 2.32 bits per heavy atom. The zero-order chi connectivity index (χ0) is 34.8. The number of benzene rings is 3. The SMILES string of the molecule is C[C@H](NC(=O)[C@@H]1CS(=O)CN1C(=O)CNC(=O)OCC1c2ccccc2-c2ccccc21)c1ccc(N2CCN(C)CC2)cc1/C=C/C1CC1. The van der Waals surface area contributed by atoms with Gasteiger partial charge in [-0.3, -0.25) is 13.8 Å². The molecule has 50 heavy (non-hydrogen) atoms. The van der Waals surface area contributed by atoms with E-state index >= 15 is 0 Å². The van der Waals surface area contributed by atoms with Crippen molar-refractivity contribution in [1.29, 1.82) is 0 Å². The highest BCUT2D eigenvalue weighted by Gasteiger charge is 2.39. The van der Waals surface area contributed by atoms with Crippen LogP contribution >= 0.6 is 0 Å². The van der Waals surface area contributed by atoms with Crippen molar-refractivity contribution < 1.29 is 23.3 Å². The van der Waals surface area contributed by atoms with E-state index in [0.717, 1.165) is 59.6 Å². The summed E-state index contributed by atoms with van der Waals surface area (Å²) < 4.78 is 18.2. The second-order valence-electron chi connectivity index (χ2n) is 13.8. The summed E-state index contributed by atoms with van der Waals surface area (Å²) in [6.07, 6.45) is 6.11. The first-order valence-corrected chi connectivity index (χ1v) is 19.0. The molecule has 0 radical (unpaired) electrons. The number of ether oxygens (including phenoxy) is 1. The van der Waals surface area contributed by atoms with Gasteiger partial charge in [0.1, 0.15) is 19.2 Å². The van der Waals surface area contributed by atoms with Crippen LogP contribution in [0, 0.1) is 5.92 Å². The Kier molecular flexibility index (Phi) is 10.1. The fraction of sp³-hybridized carbons (Fsp3) is 0.410. The van der Waals surface area contributed by atoms with E-state index in [1.165, 1.54) is 23.4 Å². The Morgan fingerprint density at radius 2 is 1.64 bits per heavy atom. The first-order chi connectivity index (χ1) is 24.2. The summed E-state index contributed by atoms with van der Waals surface area (Å²) in [5.41, 5.74) is 7.67. The minimum Gasteiger partial charge on any atom is -0.449 e. The van der Waals surface area contributed by atoms with Gasteiger partial charge in [-0.2, -0.15) is 0 Å². The van der Waals surface area contributed by atoms with E-state index in [4.69, 9.17) is 4.74 Å². The van der Waals surface area contributed by atoms with E-state index in [-0.39, 0.29) is 42.6 Å². The Morgan fingerprint density at radius 1 is 0.960 bits per heavy atom. The lowest BCUT2D eigenvalue weighted by atomic mass is 9.98. The highest BCUT2D eigenvalue weighted by atomic mass is 32.2. The summed E-state index contributed by atoms with van der Waals surface area (Å²) in [5.74, 6) is -0.360. The number of allylic oxidation sites excluding steroid dienone is 1. The van der Waals surface area contributed by atoms with E-state index in [0.29, 0.717) is 5.92 Å². The minimum atomic E-state index is -1.38. The van der Waals surface area contributed by atoms with Crippen molar-refractivity contribution >= 4 is 40.5 Å². The molecule has 7 rings (SSSR count). The molecular weight excluding hydrogens is 651 g/mol. The molecule has 3 aromatic carbocycles. The van der Waals surface area contributed by atoms with Crippen molar-refractivity contribution in [3.8, 4) is 11.1 Å². The van der Waals surface area contributed by atoms with Gasteiger partial charge >= 0.3 is 6.09 Å². The van der Waals surface area contributed by atoms with E-state index < -0.39 is 28.8 Å². The lowest BCUT2D eigenvalue weighted by Crippen LogP contribution is -2.50. The third-order valence-electron chi connectivity index (χ3n) is 10.3. The van der Waals surface area contributed by atoms with E-state index in [1.807, 2.05) is 43.3 Å². The molecule has 2 saturated heterocycles. The zero-order valence-electron chi connectivity index (χ0n) is 28.7. The first-order valence-electron chi connectivity index (χ1n) is 17.5. The molecule has 11 heteroatoms. The number of nitrogens with zero attached hydrogens (tertiary/aromatic N) is 3. The molecule has 3 aromatic rings. The van der Waals surface area contributed by atoms with Gasteiger partial charge in [0.2, 0.25) is 11.8 Å². The lowest BCUT2D eigenvalue weighted by molar-refractivity contribution is -0.137. The first kappa shape index (κ1) is 34.0. The average Bonchev–Trinajstić information content (AvgIpc) is 3.79.